The van der Waals surface area contributed by atoms with E-state index in [2.05, 4.69) is 24.5 Å². The lowest BCUT2D eigenvalue weighted by Gasteiger charge is -2.37. The van der Waals surface area contributed by atoms with Crippen molar-refractivity contribution in [3.8, 4) is 0 Å². The summed E-state index contributed by atoms with van der Waals surface area (Å²) in [5.41, 5.74) is 0.0729. The molecular weight excluding hydrogens is 212 g/mol. The van der Waals surface area contributed by atoms with E-state index in [0.29, 0.717) is 11.9 Å². The lowest BCUT2D eigenvalue weighted by atomic mass is 9.82. The molecule has 0 aromatic heterocycles. The first-order valence-corrected chi connectivity index (χ1v) is 7.14. The van der Waals surface area contributed by atoms with E-state index in [1.165, 1.54) is 19.3 Å². The van der Waals surface area contributed by atoms with Gasteiger partial charge in [-0.2, -0.15) is 0 Å². The summed E-state index contributed by atoms with van der Waals surface area (Å²) in [6, 6.07) is 0.485. The smallest absolute Gasteiger partial charge is 0.223 e. The van der Waals surface area contributed by atoms with Crippen molar-refractivity contribution < 1.29 is 4.79 Å². The summed E-state index contributed by atoms with van der Waals surface area (Å²) < 4.78 is 0. The fourth-order valence-corrected chi connectivity index (χ4v) is 3.23. The fourth-order valence-electron chi connectivity index (χ4n) is 3.23. The van der Waals surface area contributed by atoms with Crippen molar-refractivity contribution in [3.05, 3.63) is 0 Å². The zero-order valence-electron chi connectivity index (χ0n) is 11.2. The number of piperidine rings is 1. The van der Waals surface area contributed by atoms with Crippen LogP contribution in [0.1, 0.15) is 58.8 Å². The molecule has 1 saturated carbocycles. The largest absolute Gasteiger partial charge is 0.351 e. The Labute approximate surface area is 105 Å². The van der Waals surface area contributed by atoms with Crippen LogP contribution in [0.2, 0.25) is 0 Å². The quantitative estimate of drug-likeness (QED) is 0.774. The maximum Gasteiger partial charge on any atom is 0.223 e. The molecule has 0 bridgehead atoms. The van der Waals surface area contributed by atoms with Gasteiger partial charge in [0.05, 0.1) is 0 Å². The third-order valence-electron chi connectivity index (χ3n) is 4.38. The Kier molecular flexibility index (Phi) is 4.08. The van der Waals surface area contributed by atoms with Gasteiger partial charge in [0.2, 0.25) is 5.91 Å². The van der Waals surface area contributed by atoms with Gasteiger partial charge in [0.25, 0.3) is 0 Å². The van der Waals surface area contributed by atoms with Crippen LogP contribution in [0.3, 0.4) is 0 Å². The molecule has 2 unspecified atom stereocenters. The highest BCUT2D eigenvalue weighted by Crippen LogP contribution is 2.28. The second kappa shape index (κ2) is 5.38. The van der Waals surface area contributed by atoms with Gasteiger partial charge in [-0.1, -0.05) is 19.3 Å². The van der Waals surface area contributed by atoms with Crippen LogP contribution in [0.15, 0.2) is 0 Å². The van der Waals surface area contributed by atoms with E-state index in [1.807, 2.05) is 0 Å². The number of amides is 1. The van der Waals surface area contributed by atoms with Crippen LogP contribution in [0, 0.1) is 5.92 Å². The van der Waals surface area contributed by atoms with Gasteiger partial charge in [-0.25, -0.2) is 0 Å². The van der Waals surface area contributed by atoms with Gasteiger partial charge in [0.15, 0.2) is 0 Å². The molecule has 1 saturated heterocycles. The molecule has 0 radical (unpaired) electrons. The van der Waals surface area contributed by atoms with E-state index in [0.717, 1.165) is 32.2 Å². The standard InChI is InChI=1S/C14H26N2O/c1-11-10-12(6-9-15-11)13(17)16-14(2)7-4-3-5-8-14/h11-12,15H,3-10H2,1-2H3,(H,16,17). The van der Waals surface area contributed by atoms with Gasteiger partial charge < -0.3 is 10.6 Å². The molecule has 1 heterocycles. The van der Waals surface area contributed by atoms with Crippen molar-refractivity contribution in [2.45, 2.75) is 70.4 Å². The molecule has 1 aliphatic heterocycles. The highest BCUT2D eigenvalue weighted by molar-refractivity contribution is 5.79. The van der Waals surface area contributed by atoms with E-state index in [9.17, 15) is 4.79 Å². The number of hydrogen-bond acceptors (Lipinski definition) is 2. The SMILES string of the molecule is CC1CC(C(=O)NC2(C)CCCCC2)CCN1. The number of nitrogens with one attached hydrogen (secondary N) is 2. The van der Waals surface area contributed by atoms with Crippen molar-refractivity contribution in [3.63, 3.8) is 0 Å². The summed E-state index contributed by atoms with van der Waals surface area (Å²) in [5, 5.41) is 6.72. The zero-order chi connectivity index (χ0) is 12.3. The molecule has 1 amide bonds. The average molecular weight is 238 g/mol. The molecule has 2 atom stereocenters. The summed E-state index contributed by atoms with van der Waals surface area (Å²) in [7, 11) is 0. The molecule has 0 aromatic rings. The highest BCUT2D eigenvalue weighted by Gasteiger charge is 2.32. The van der Waals surface area contributed by atoms with Crippen molar-refractivity contribution in [2.24, 2.45) is 5.92 Å². The summed E-state index contributed by atoms with van der Waals surface area (Å²) in [4.78, 5) is 12.3. The van der Waals surface area contributed by atoms with Gasteiger partial charge >= 0.3 is 0 Å². The Morgan fingerprint density at radius 2 is 2.00 bits per heavy atom. The Balaban J connectivity index is 1.87. The number of carbonyl (C=O) groups is 1. The molecule has 2 aliphatic rings. The third-order valence-corrected chi connectivity index (χ3v) is 4.38. The van der Waals surface area contributed by atoms with Gasteiger partial charge in [-0.05, 0) is 46.1 Å². The lowest BCUT2D eigenvalue weighted by Crippen LogP contribution is -2.51. The molecule has 0 aromatic carbocycles. The molecular formula is C14H26N2O. The molecule has 17 heavy (non-hydrogen) atoms. The Hall–Kier alpha value is -0.570. The monoisotopic (exact) mass is 238 g/mol. The Bertz CT molecular complexity index is 271. The Morgan fingerprint density at radius 3 is 2.65 bits per heavy atom. The average Bonchev–Trinajstić information content (AvgIpc) is 2.29. The molecule has 98 valence electrons. The van der Waals surface area contributed by atoms with Gasteiger partial charge in [0.1, 0.15) is 0 Å². The summed E-state index contributed by atoms with van der Waals surface area (Å²) in [6.07, 6.45) is 8.14. The highest BCUT2D eigenvalue weighted by atomic mass is 16.2. The van der Waals surface area contributed by atoms with Crippen LogP contribution >= 0.6 is 0 Å². The molecule has 3 nitrogen and oxygen atoms in total. The van der Waals surface area contributed by atoms with Gasteiger partial charge in [-0.3, -0.25) is 4.79 Å². The van der Waals surface area contributed by atoms with Crippen LogP contribution in [-0.4, -0.2) is 24.0 Å². The van der Waals surface area contributed by atoms with Crippen LogP contribution < -0.4 is 10.6 Å². The number of rotatable bonds is 2. The van der Waals surface area contributed by atoms with Gasteiger partial charge in [-0.15, -0.1) is 0 Å². The molecule has 0 spiro atoms. The Morgan fingerprint density at radius 1 is 1.29 bits per heavy atom. The van der Waals surface area contributed by atoms with E-state index >= 15 is 0 Å². The summed E-state index contributed by atoms with van der Waals surface area (Å²) >= 11 is 0. The van der Waals surface area contributed by atoms with E-state index in [-0.39, 0.29) is 11.5 Å². The zero-order valence-corrected chi connectivity index (χ0v) is 11.2. The first-order chi connectivity index (χ1) is 8.09. The maximum atomic E-state index is 12.3. The third kappa shape index (κ3) is 3.44. The first-order valence-electron chi connectivity index (χ1n) is 7.14. The summed E-state index contributed by atoms with van der Waals surface area (Å²) in [5.74, 6) is 0.521. The fraction of sp³-hybridized carbons (Fsp3) is 0.929. The minimum Gasteiger partial charge on any atom is -0.351 e. The van der Waals surface area contributed by atoms with Crippen LogP contribution in [0.4, 0.5) is 0 Å². The normalized spacial score (nSPS) is 33.1. The maximum absolute atomic E-state index is 12.3. The second-order valence-corrected chi connectivity index (χ2v) is 6.19. The van der Waals surface area contributed by atoms with Crippen LogP contribution in [0.5, 0.6) is 0 Å². The molecule has 2 N–H and O–H groups in total. The first kappa shape index (κ1) is 12.9. The van der Waals surface area contributed by atoms with Crippen molar-refractivity contribution in [1.82, 2.24) is 10.6 Å². The predicted octanol–water partition coefficient (Wildman–Crippen LogP) is 2.21. The molecule has 1 aliphatic carbocycles. The van der Waals surface area contributed by atoms with E-state index in [4.69, 9.17) is 0 Å². The van der Waals surface area contributed by atoms with Gasteiger partial charge in [0, 0.05) is 17.5 Å². The van der Waals surface area contributed by atoms with E-state index in [1.54, 1.807) is 0 Å². The van der Waals surface area contributed by atoms with Crippen molar-refractivity contribution >= 4 is 5.91 Å². The minimum absolute atomic E-state index is 0.0729. The predicted molar refractivity (Wildman–Crippen MR) is 69.8 cm³/mol. The molecule has 2 fully saturated rings. The van der Waals surface area contributed by atoms with Crippen LogP contribution in [-0.2, 0) is 4.79 Å². The van der Waals surface area contributed by atoms with Crippen molar-refractivity contribution in [1.29, 1.82) is 0 Å². The number of hydrogen-bond donors (Lipinski definition) is 2. The van der Waals surface area contributed by atoms with E-state index < -0.39 is 0 Å². The lowest BCUT2D eigenvalue weighted by molar-refractivity contribution is -0.128. The molecule has 2 rings (SSSR count). The second-order valence-electron chi connectivity index (χ2n) is 6.19. The van der Waals surface area contributed by atoms with Crippen molar-refractivity contribution in [2.75, 3.05) is 6.54 Å². The number of carbonyl (C=O) groups excluding carboxylic acids is 1. The molecule has 3 heteroatoms. The topological polar surface area (TPSA) is 41.1 Å². The minimum atomic E-state index is 0.0729. The summed E-state index contributed by atoms with van der Waals surface area (Å²) in [6.45, 7) is 5.37. The van der Waals surface area contributed by atoms with Crippen LogP contribution in [0.25, 0.3) is 0 Å².